The van der Waals surface area contributed by atoms with Crippen LogP contribution in [0.2, 0.25) is 0 Å². The van der Waals surface area contributed by atoms with E-state index >= 15 is 0 Å². The van der Waals surface area contributed by atoms with Crippen LogP contribution in [0.1, 0.15) is 76.6 Å². The first-order valence-corrected chi connectivity index (χ1v) is 13.9. The summed E-state index contributed by atoms with van der Waals surface area (Å²) in [5.41, 5.74) is 10.8. The molecule has 0 saturated carbocycles. The number of methoxy groups -OCH3 is 1. The molecule has 4 aromatic carbocycles. The van der Waals surface area contributed by atoms with Crippen molar-refractivity contribution in [2.75, 3.05) is 7.11 Å². The average molecular weight is 505 g/mol. The van der Waals surface area contributed by atoms with Gasteiger partial charge in [0.2, 0.25) is 0 Å². The van der Waals surface area contributed by atoms with E-state index in [-0.39, 0.29) is 11.3 Å². The Kier molecular flexibility index (Phi) is 8.16. The maximum Gasteiger partial charge on any atom is 0.122 e. The lowest BCUT2D eigenvalue weighted by Gasteiger charge is -2.20. The van der Waals surface area contributed by atoms with E-state index in [2.05, 4.69) is 139 Å². The summed E-state index contributed by atoms with van der Waals surface area (Å²) in [5, 5.41) is 0. The van der Waals surface area contributed by atoms with Crippen LogP contribution in [0.15, 0.2) is 91.0 Å². The molecule has 0 aliphatic carbocycles. The Morgan fingerprint density at radius 1 is 0.579 bits per heavy atom. The minimum atomic E-state index is 0.199. The van der Waals surface area contributed by atoms with Crippen LogP contribution in [0, 0.1) is 10.8 Å². The molecule has 0 amide bonds. The largest absolute Gasteiger partial charge is 0.496 e. The zero-order chi connectivity index (χ0) is 27.5. The van der Waals surface area contributed by atoms with Gasteiger partial charge in [-0.15, -0.1) is 0 Å². The molecule has 0 fully saturated rings. The van der Waals surface area contributed by atoms with Crippen molar-refractivity contribution in [3.63, 3.8) is 0 Å². The van der Waals surface area contributed by atoms with Gasteiger partial charge in [0.1, 0.15) is 5.75 Å². The lowest BCUT2D eigenvalue weighted by molar-refractivity contribution is 0.408. The van der Waals surface area contributed by atoms with Gasteiger partial charge in [-0.2, -0.15) is 0 Å². The van der Waals surface area contributed by atoms with Gasteiger partial charge in [-0.25, -0.2) is 0 Å². The molecule has 4 aromatic rings. The van der Waals surface area contributed by atoms with E-state index in [9.17, 15) is 0 Å². The Balaban J connectivity index is 1.61. The Morgan fingerprint density at radius 3 is 1.53 bits per heavy atom. The highest BCUT2D eigenvalue weighted by Crippen LogP contribution is 2.37. The van der Waals surface area contributed by atoms with Crippen molar-refractivity contribution in [3.8, 4) is 28.0 Å². The lowest BCUT2D eigenvalue weighted by atomic mass is 9.86. The minimum absolute atomic E-state index is 0.199. The zero-order valence-electron chi connectivity index (χ0n) is 24.6. The summed E-state index contributed by atoms with van der Waals surface area (Å²) in [4.78, 5) is 0. The van der Waals surface area contributed by atoms with Gasteiger partial charge in [0.05, 0.1) is 7.11 Å². The first kappa shape index (κ1) is 27.7. The Morgan fingerprint density at radius 2 is 1.05 bits per heavy atom. The average Bonchev–Trinajstić information content (AvgIpc) is 2.87. The third kappa shape index (κ3) is 7.16. The van der Waals surface area contributed by atoms with Crippen LogP contribution in [-0.2, 0) is 12.8 Å². The number of rotatable bonds is 7. The normalized spacial score (nSPS) is 12.8. The molecule has 0 saturated heterocycles. The molecule has 0 bridgehead atoms. The second-order valence-corrected chi connectivity index (χ2v) is 13.2. The molecule has 1 unspecified atom stereocenters. The zero-order valence-corrected chi connectivity index (χ0v) is 24.6. The number of hydrogen-bond acceptors (Lipinski definition) is 1. The molecule has 0 aromatic heterocycles. The molecule has 4 rings (SSSR count). The molecule has 0 spiro atoms. The molecule has 1 nitrogen and oxygen atoms in total. The minimum Gasteiger partial charge on any atom is -0.496 e. The molecule has 1 atom stereocenters. The fourth-order valence-electron chi connectivity index (χ4n) is 5.27. The van der Waals surface area contributed by atoms with Crippen molar-refractivity contribution in [1.82, 2.24) is 0 Å². The predicted octanol–water partition coefficient (Wildman–Crippen LogP) is 10.4. The van der Waals surface area contributed by atoms with E-state index in [1.54, 1.807) is 7.11 Å². The van der Waals surface area contributed by atoms with Crippen molar-refractivity contribution in [3.05, 3.63) is 113 Å². The molecule has 38 heavy (non-hydrogen) atoms. The van der Waals surface area contributed by atoms with Crippen LogP contribution in [0.5, 0.6) is 5.75 Å². The summed E-state index contributed by atoms with van der Waals surface area (Å²) in [6.45, 7) is 16.0. The highest BCUT2D eigenvalue weighted by atomic mass is 16.5. The molecule has 0 aliphatic heterocycles. The van der Waals surface area contributed by atoms with Crippen molar-refractivity contribution < 1.29 is 4.74 Å². The SMILES string of the molecule is COc1ccc(-c2ccc(CC(C)(C)C)cc2)cc1C(C)c1cccc(-c2ccc(CC(C)(C)C)cc2)c1. The maximum absolute atomic E-state index is 5.82. The van der Waals surface area contributed by atoms with Crippen molar-refractivity contribution in [2.45, 2.75) is 67.2 Å². The molecular formula is C37H44O. The van der Waals surface area contributed by atoms with Gasteiger partial charge in [-0.3, -0.25) is 0 Å². The summed E-state index contributed by atoms with van der Waals surface area (Å²) in [7, 11) is 1.77. The van der Waals surface area contributed by atoms with Gasteiger partial charge in [-0.05, 0) is 74.7 Å². The fourth-order valence-corrected chi connectivity index (χ4v) is 5.27. The van der Waals surface area contributed by atoms with Crippen molar-refractivity contribution in [2.24, 2.45) is 10.8 Å². The molecule has 0 radical (unpaired) electrons. The van der Waals surface area contributed by atoms with Crippen LogP contribution in [0.4, 0.5) is 0 Å². The summed E-state index contributed by atoms with van der Waals surface area (Å²) in [5.74, 6) is 1.13. The predicted molar refractivity (Wildman–Crippen MR) is 164 cm³/mol. The van der Waals surface area contributed by atoms with Crippen LogP contribution in [0.3, 0.4) is 0 Å². The summed E-state index contributed by atoms with van der Waals surface area (Å²) in [6.07, 6.45) is 2.16. The van der Waals surface area contributed by atoms with E-state index < -0.39 is 0 Å². The summed E-state index contributed by atoms with van der Waals surface area (Å²) >= 11 is 0. The molecule has 0 aliphatic rings. The standard InChI is InChI=1S/C37H44O/c1-26(31-10-9-11-32(22-31)29-16-12-27(13-17-29)24-36(2,3)4)34-23-33(20-21-35(34)38-8)30-18-14-28(15-19-30)25-37(5,6)7/h9-23,26H,24-25H2,1-8H3. The highest BCUT2D eigenvalue weighted by Gasteiger charge is 2.17. The van der Waals surface area contributed by atoms with Gasteiger partial charge in [-0.1, -0.05) is 127 Å². The smallest absolute Gasteiger partial charge is 0.122 e. The van der Waals surface area contributed by atoms with Crippen LogP contribution < -0.4 is 4.74 Å². The van der Waals surface area contributed by atoms with E-state index in [0.717, 1.165) is 18.6 Å². The van der Waals surface area contributed by atoms with Gasteiger partial charge < -0.3 is 4.74 Å². The van der Waals surface area contributed by atoms with Crippen LogP contribution >= 0.6 is 0 Å². The Bertz CT molecular complexity index is 1350. The first-order valence-electron chi connectivity index (χ1n) is 13.9. The van der Waals surface area contributed by atoms with Crippen molar-refractivity contribution in [1.29, 1.82) is 0 Å². The van der Waals surface area contributed by atoms with E-state index in [4.69, 9.17) is 4.74 Å². The number of ether oxygens (including phenoxy) is 1. The van der Waals surface area contributed by atoms with Gasteiger partial charge in [0.15, 0.2) is 0 Å². The van der Waals surface area contributed by atoms with Gasteiger partial charge in [0.25, 0.3) is 0 Å². The lowest BCUT2D eigenvalue weighted by Crippen LogP contribution is -2.08. The molecule has 0 N–H and O–H groups in total. The monoisotopic (exact) mass is 504 g/mol. The fraction of sp³-hybridized carbons (Fsp3) is 0.351. The maximum atomic E-state index is 5.82. The topological polar surface area (TPSA) is 9.23 Å². The van der Waals surface area contributed by atoms with Crippen molar-refractivity contribution >= 4 is 0 Å². The Hall–Kier alpha value is -3.32. The second kappa shape index (κ2) is 11.2. The highest BCUT2D eigenvalue weighted by molar-refractivity contribution is 5.68. The van der Waals surface area contributed by atoms with Crippen LogP contribution in [-0.4, -0.2) is 7.11 Å². The van der Waals surface area contributed by atoms with Gasteiger partial charge >= 0.3 is 0 Å². The summed E-state index contributed by atoms with van der Waals surface area (Å²) in [6, 6.07) is 33.6. The second-order valence-electron chi connectivity index (χ2n) is 13.2. The Labute approximate surface area is 230 Å². The summed E-state index contributed by atoms with van der Waals surface area (Å²) < 4.78 is 5.82. The molecule has 1 heteroatoms. The third-order valence-corrected chi connectivity index (χ3v) is 7.13. The third-order valence-electron chi connectivity index (χ3n) is 7.13. The number of hydrogen-bond donors (Lipinski definition) is 0. The molecule has 0 heterocycles. The number of benzene rings is 4. The van der Waals surface area contributed by atoms with E-state index in [1.165, 1.54) is 44.5 Å². The van der Waals surface area contributed by atoms with Crippen LogP contribution in [0.25, 0.3) is 22.3 Å². The first-order chi connectivity index (χ1) is 17.9. The molecule has 198 valence electrons. The quantitative estimate of drug-likeness (QED) is 0.243. The van der Waals surface area contributed by atoms with E-state index in [1.807, 2.05) is 0 Å². The van der Waals surface area contributed by atoms with Gasteiger partial charge in [0, 0.05) is 11.5 Å². The van der Waals surface area contributed by atoms with E-state index in [0.29, 0.717) is 5.41 Å². The molecular weight excluding hydrogens is 460 g/mol.